The molecule has 0 aliphatic heterocycles. The monoisotopic (exact) mass is 931 g/mol. The summed E-state index contributed by atoms with van der Waals surface area (Å²) in [6.45, 7) is 6.43. The molecule has 0 fully saturated rings. The highest BCUT2D eigenvalue weighted by molar-refractivity contribution is 5.71. The van der Waals surface area contributed by atoms with Gasteiger partial charge in [0.15, 0.2) is 6.10 Å². The van der Waals surface area contributed by atoms with Crippen LogP contribution >= 0.6 is 0 Å². The van der Waals surface area contributed by atoms with Crippen LogP contribution in [0.25, 0.3) is 0 Å². The van der Waals surface area contributed by atoms with E-state index in [2.05, 4.69) is 118 Å². The van der Waals surface area contributed by atoms with E-state index in [1.165, 1.54) is 109 Å². The molecule has 0 amide bonds. The molecule has 0 rings (SSSR count). The van der Waals surface area contributed by atoms with Gasteiger partial charge in [-0.25, -0.2) is 0 Å². The smallest absolute Gasteiger partial charge is 0.306 e. The predicted octanol–water partition coefficient (Wildman–Crippen LogP) is 18.5. The lowest BCUT2D eigenvalue weighted by atomic mass is 10.1. The number of hydrogen-bond acceptors (Lipinski definition) is 6. The topological polar surface area (TPSA) is 78.9 Å². The molecule has 0 aliphatic carbocycles. The lowest BCUT2D eigenvalue weighted by Crippen LogP contribution is -2.30. The average Bonchev–Trinajstić information content (AvgIpc) is 3.33. The first-order valence-corrected chi connectivity index (χ1v) is 27.7. The van der Waals surface area contributed by atoms with Gasteiger partial charge in [-0.15, -0.1) is 0 Å². The minimum Gasteiger partial charge on any atom is -0.462 e. The molecule has 0 saturated heterocycles. The van der Waals surface area contributed by atoms with Crippen LogP contribution in [0.4, 0.5) is 0 Å². The van der Waals surface area contributed by atoms with Crippen molar-refractivity contribution >= 4 is 17.9 Å². The van der Waals surface area contributed by atoms with Crippen LogP contribution in [0.15, 0.2) is 97.2 Å². The molecule has 0 aromatic rings. The third-order valence-corrected chi connectivity index (χ3v) is 11.5. The first kappa shape index (κ1) is 63.3. The van der Waals surface area contributed by atoms with E-state index in [0.717, 1.165) is 96.3 Å². The van der Waals surface area contributed by atoms with Crippen LogP contribution < -0.4 is 0 Å². The number of unbranched alkanes of at least 4 members (excludes halogenated alkanes) is 22. The van der Waals surface area contributed by atoms with Crippen molar-refractivity contribution in [1.82, 2.24) is 0 Å². The van der Waals surface area contributed by atoms with E-state index in [-0.39, 0.29) is 37.5 Å². The van der Waals surface area contributed by atoms with Gasteiger partial charge < -0.3 is 14.2 Å². The maximum atomic E-state index is 12.8. The zero-order valence-corrected chi connectivity index (χ0v) is 43.6. The summed E-state index contributed by atoms with van der Waals surface area (Å²) in [5, 5.41) is 0. The minimum absolute atomic E-state index is 0.102. The standard InChI is InChI=1S/C61H102O6/c1-4-7-10-13-16-19-22-25-27-29-30-32-34-37-40-43-46-49-52-55-61(64)67-58(56-65-59(62)53-50-47-44-41-38-35-24-21-18-15-12-9-6-3)57-66-60(63)54-51-48-45-42-39-36-33-31-28-26-23-20-17-14-11-8-5-2/h8,11,16-17,19-21,24-28,33,36,42,45,58H,4-7,9-10,12-15,18,22-23,29-32,34-35,37-41,43-44,46-57H2,1-3H3/b11-8-,19-16-,20-17-,24-21-,27-25-,28-26-,36-33-,45-42-/t58-/m0/s1. The van der Waals surface area contributed by atoms with Crippen molar-refractivity contribution in [2.75, 3.05) is 13.2 Å². The molecule has 0 heterocycles. The number of rotatable bonds is 49. The number of ether oxygens (including phenoxy) is 3. The van der Waals surface area contributed by atoms with Gasteiger partial charge in [0.2, 0.25) is 0 Å². The van der Waals surface area contributed by atoms with Crippen LogP contribution in [0.1, 0.15) is 252 Å². The summed E-state index contributed by atoms with van der Waals surface area (Å²) in [5.41, 5.74) is 0. The maximum Gasteiger partial charge on any atom is 0.306 e. The second kappa shape index (κ2) is 54.9. The van der Waals surface area contributed by atoms with Crippen LogP contribution in [-0.2, 0) is 28.6 Å². The van der Waals surface area contributed by atoms with E-state index in [1.54, 1.807) is 0 Å². The van der Waals surface area contributed by atoms with E-state index in [4.69, 9.17) is 14.2 Å². The zero-order chi connectivity index (χ0) is 48.6. The molecule has 6 nitrogen and oxygen atoms in total. The fourth-order valence-corrected chi connectivity index (χ4v) is 7.38. The molecule has 67 heavy (non-hydrogen) atoms. The average molecular weight is 931 g/mol. The van der Waals surface area contributed by atoms with E-state index < -0.39 is 6.10 Å². The van der Waals surface area contributed by atoms with Gasteiger partial charge in [0, 0.05) is 19.3 Å². The Morgan fingerprint density at radius 2 is 0.597 bits per heavy atom. The number of carbonyl (C=O) groups excluding carboxylic acids is 3. The van der Waals surface area contributed by atoms with Gasteiger partial charge in [-0.05, 0) is 116 Å². The van der Waals surface area contributed by atoms with Gasteiger partial charge in [0.25, 0.3) is 0 Å². The van der Waals surface area contributed by atoms with E-state index in [0.29, 0.717) is 19.3 Å². The molecular formula is C61H102O6. The molecule has 0 unspecified atom stereocenters. The van der Waals surface area contributed by atoms with Crippen LogP contribution in [0.5, 0.6) is 0 Å². The number of carbonyl (C=O) groups is 3. The Morgan fingerprint density at radius 3 is 1.01 bits per heavy atom. The minimum atomic E-state index is -0.807. The van der Waals surface area contributed by atoms with E-state index >= 15 is 0 Å². The van der Waals surface area contributed by atoms with Gasteiger partial charge in [-0.3, -0.25) is 14.4 Å². The molecule has 0 aromatic carbocycles. The third-order valence-electron chi connectivity index (χ3n) is 11.5. The van der Waals surface area contributed by atoms with Crippen molar-refractivity contribution < 1.29 is 28.6 Å². The first-order chi connectivity index (χ1) is 33.0. The molecule has 6 heteroatoms. The lowest BCUT2D eigenvalue weighted by molar-refractivity contribution is -0.167. The van der Waals surface area contributed by atoms with Gasteiger partial charge in [-0.1, -0.05) is 214 Å². The van der Waals surface area contributed by atoms with Crippen molar-refractivity contribution in [3.05, 3.63) is 97.2 Å². The van der Waals surface area contributed by atoms with Crippen LogP contribution in [0.2, 0.25) is 0 Å². The fraction of sp³-hybridized carbons (Fsp3) is 0.689. The van der Waals surface area contributed by atoms with Crippen molar-refractivity contribution in [3.63, 3.8) is 0 Å². The molecule has 0 spiro atoms. The quantitative estimate of drug-likeness (QED) is 0.0262. The number of hydrogen-bond donors (Lipinski definition) is 0. The highest BCUT2D eigenvalue weighted by atomic mass is 16.6. The Labute approximate surface area is 413 Å². The SMILES string of the molecule is CC/C=C\C/C=C\C/C=C\C/C=C\C/C=C\CCCC(=O)OC[C@H](COC(=O)CCCCCCC/C=C\CCCCCC)OC(=O)CCCCCCCCCCC/C=C\C/C=C\CCCCC. The molecule has 0 bridgehead atoms. The summed E-state index contributed by atoms with van der Waals surface area (Å²) in [7, 11) is 0. The van der Waals surface area contributed by atoms with Crippen molar-refractivity contribution in [1.29, 1.82) is 0 Å². The summed E-state index contributed by atoms with van der Waals surface area (Å²) in [4.78, 5) is 38.1. The van der Waals surface area contributed by atoms with Gasteiger partial charge in [0.1, 0.15) is 13.2 Å². The summed E-state index contributed by atoms with van der Waals surface area (Å²) in [6, 6.07) is 0. The van der Waals surface area contributed by atoms with E-state index in [1.807, 2.05) is 0 Å². The summed E-state index contributed by atoms with van der Waals surface area (Å²) < 4.78 is 16.8. The molecular weight excluding hydrogens is 829 g/mol. The Kier molecular flexibility index (Phi) is 51.9. The summed E-state index contributed by atoms with van der Waals surface area (Å²) >= 11 is 0. The highest BCUT2D eigenvalue weighted by Crippen LogP contribution is 2.14. The van der Waals surface area contributed by atoms with Crippen molar-refractivity contribution in [2.45, 2.75) is 258 Å². The molecule has 1 atom stereocenters. The van der Waals surface area contributed by atoms with Gasteiger partial charge in [0.05, 0.1) is 0 Å². The molecule has 0 aliphatic rings. The van der Waals surface area contributed by atoms with Gasteiger partial charge in [-0.2, -0.15) is 0 Å². The number of esters is 3. The Hall–Kier alpha value is -3.67. The largest absolute Gasteiger partial charge is 0.462 e. The van der Waals surface area contributed by atoms with Crippen LogP contribution in [0.3, 0.4) is 0 Å². The van der Waals surface area contributed by atoms with Crippen LogP contribution in [0, 0.1) is 0 Å². The molecule has 0 saturated carbocycles. The highest BCUT2D eigenvalue weighted by Gasteiger charge is 2.19. The second-order valence-electron chi connectivity index (χ2n) is 18.1. The zero-order valence-electron chi connectivity index (χ0n) is 43.6. The maximum absolute atomic E-state index is 12.8. The van der Waals surface area contributed by atoms with Gasteiger partial charge >= 0.3 is 17.9 Å². The fourth-order valence-electron chi connectivity index (χ4n) is 7.38. The van der Waals surface area contributed by atoms with Crippen LogP contribution in [-0.4, -0.2) is 37.2 Å². The lowest BCUT2D eigenvalue weighted by Gasteiger charge is -2.18. The molecule has 0 aromatic heterocycles. The Morgan fingerprint density at radius 1 is 0.313 bits per heavy atom. The summed E-state index contributed by atoms with van der Waals surface area (Å²) in [6.07, 6.45) is 72.5. The summed E-state index contributed by atoms with van der Waals surface area (Å²) in [5.74, 6) is -0.974. The molecule has 0 N–H and O–H groups in total. The normalized spacial score (nSPS) is 12.8. The number of allylic oxidation sites excluding steroid dienone is 16. The van der Waals surface area contributed by atoms with Crippen molar-refractivity contribution in [3.8, 4) is 0 Å². The molecule has 0 radical (unpaired) electrons. The third kappa shape index (κ3) is 53.2. The van der Waals surface area contributed by atoms with E-state index in [9.17, 15) is 14.4 Å². The molecule has 382 valence electrons. The Bertz CT molecular complexity index is 1350. The first-order valence-electron chi connectivity index (χ1n) is 27.7. The predicted molar refractivity (Wildman–Crippen MR) is 288 cm³/mol. The second-order valence-corrected chi connectivity index (χ2v) is 18.1. The van der Waals surface area contributed by atoms with Crippen molar-refractivity contribution in [2.24, 2.45) is 0 Å². The Balaban J connectivity index is 4.48.